The summed E-state index contributed by atoms with van der Waals surface area (Å²) in [5.41, 5.74) is 2.71. The second-order valence-corrected chi connectivity index (χ2v) is 5.96. The molecule has 2 rings (SSSR count). The lowest BCUT2D eigenvalue weighted by Gasteiger charge is -2.29. The van der Waals surface area contributed by atoms with Crippen molar-refractivity contribution >= 4 is 28.2 Å². The van der Waals surface area contributed by atoms with Crippen LogP contribution in [0.25, 0.3) is 0 Å². The molecular formula is C9H11F3N4O7S. The van der Waals surface area contributed by atoms with Gasteiger partial charge in [0.1, 0.15) is 6.04 Å². The Morgan fingerprint density at radius 1 is 1.25 bits per heavy atom. The van der Waals surface area contributed by atoms with Crippen LogP contribution in [0.15, 0.2) is 0 Å². The smallest absolute Gasteiger partial charge is 0.309 e. The Morgan fingerprint density at radius 3 is 2.42 bits per heavy atom. The predicted molar refractivity (Wildman–Crippen MR) is 65.7 cm³/mol. The van der Waals surface area contributed by atoms with E-state index in [1.807, 2.05) is 0 Å². The minimum atomic E-state index is -5.20. The van der Waals surface area contributed by atoms with Gasteiger partial charge in [-0.1, -0.05) is 0 Å². The summed E-state index contributed by atoms with van der Waals surface area (Å²) < 4.78 is 70.2. The molecule has 0 unspecified atom stereocenters. The zero-order valence-electron chi connectivity index (χ0n) is 11.6. The number of halogens is 3. The van der Waals surface area contributed by atoms with E-state index in [0.29, 0.717) is 5.06 Å². The van der Waals surface area contributed by atoms with Gasteiger partial charge in [-0.15, -0.1) is 4.28 Å². The van der Waals surface area contributed by atoms with Crippen LogP contribution >= 0.6 is 0 Å². The van der Waals surface area contributed by atoms with Gasteiger partial charge in [-0.25, -0.2) is 4.79 Å². The number of alkyl halides is 3. The van der Waals surface area contributed by atoms with Crippen LogP contribution in [0.3, 0.4) is 0 Å². The van der Waals surface area contributed by atoms with Crippen molar-refractivity contribution in [2.45, 2.75) is 31.1 Å². The van der Waals surface area contributed by atoms with Gasteiger partial charge in [0.05, 0.1) is 6.04 Å². The number of rotatable bonds is 3. The van der Waals surface area contributed by atoms with Gasteiger partial charge in [0.25, 0.3) is 5.91 Å². The van der Waals surface area contributed by atoms with Crippen molar-refractivity contribution in [3.63, 3.8) is 0 Å². The first-order valence-corrected chi connectivity index (χ1v) is 7.70. The van der Waals surface area contributed by atoms with Crippen LogP contribution in [0.2, 0.25) is 0 Å². The molecule has 2 bridgehead atoms. The Kier molecular flexibility index (Phi) is 4.60. The second kappa shape index (κ2) is 6.06. The summed E-state index contributed by atoms with van der Waals surface area (Å²) in [6, 6.07) is -3.05. The molecule has 2 heterocycles. The number of piperidine rings is 1. The topological polar surface area (TPSA) is 145 Å². The molecule has 3 N–H and O–H groups in total. The molecule has 2 atom stereocenters. The molecule has 2 aliphatic heterocycles. The van der Waals surface area contributed by atoms with Crippen LogP contribution in [0, 0.1) is 0 Å². The van der Waals surface area contributed by atoms with Gasteiger partial charge in [-0.2, -0.15) is 26.7 Å². The van der Waals surface area contributed by atoms with Crippen molar-refractivity contribution in [1.82, 2.24) is 20.8 Å². The van der Waals surface area contributed by atoms with E-state index < -0.39 is 46.5 Å². The van der Waals surface area contributed by atoms with E-state index in [4.69, 9.17) is 4.55 Å². The van der Waals surface area contributed by atoms with Gasteiger partial charge in [-0.3, -0.25) is 25.0 Å². The van der Waals surface area contributed by atoms with E-state index in [-0.39, 0.29) is 19.4 Å². The average molecular weight is 376 g/mol. The molecule has 0 aromatic heterocycles. The SMILES string of the molecule is O=C(NNC(=O)C(F)(F)F)[C@H]1CC[C@H]2CN1C(=O)N2OS(=O)(=O)O. The maximum absolute atomic E-state index is 12.0. The maximum Gasteiger partial charge on any atom is 0.472 e. The minimum Gasteiger partial charge on any atom is -0.309 e. The highest BCUT2D eigenvalue weighted by Crippen LogP contribution is 2.30. The van der Waals surface area contributed by atoms with E-state index in [9.17, 15) is 36.0 Å². The first kappa shape index (κ1) is 18.2. The molecule has 0 spiro atoms. The first-order chi connectivity index (χ1) is 10.9. The third-order valence-corrected chi connectivity index (χ3v) is 3.71. The molecule has 2 fully saturated rings. The molecule has 0 aromatic carbocycles. The predicted octanol–water partition coefficient (Wildman–Crippen LogP) is -1.30. The third-order valence-electron chi connectivity index (χ3n) is 3.36. The molecule has 0 aliphatic carbocycles. The van der Waals surface area contributed by atoms with Crippen molar-refractivity contribution in [1.29, 1.82) is 0 Å². The Hall–Kier alpha value is -2.13. The summed E-state index contributed by atoms with van der Waals surface area (Å²) in [5.74, 6) is -3.48. The van der Waals surface area contributed by atoms with Crippen molar-refractivity contribution in [2.24, 2.45) is 0 Å². The zero-order valence-corrected chi connectivity index (χ0v) is 12.4. The monoisotopic (exact) mass is 376 g/mol. The number of hydrogen-bond acceptors (Lipinski definition) is 6. The Labute approximate surface area is 132 Å². The molecule has 0 aromatic rings. The number of carbonyl (C=O) groups excluding carboxylic acids is 3. The lowest BCUT2D eigenvalue weighted by Crippen LogP contribution is -2.56. The van der Waals surface area contributed by atoms with Crippen LogP contribution in [-0.4, -0.2) is 65.6 Å². The zero-order chi connectivity index (χ0) is 18.3. The van der Waals surface area contributed by atoms with E-state index in [2.05, 4.69) is 4.28 Å². The number of hydroxylamine groups is 2. The molecule has 11 nitrogen and oxygen atoms in total. The highest BCUT2D eigenvalue weighted by Gasteiger charge is 2.49. The Bertz CT molecular complexity index is 667. The van der Waals surface area contributed by atoms with Gasteiger partial charge >= 0.3 is 28.5 Å². The van der Waals surface area contributed by atoms with E-state index in [0.717, 1.165) is 10.3 Å². The molecule has 24 heavy (non-hydrogen) atoms. The minimum absolute atomic E-state index is 0.0184. The number of carbonyl (C=O) groups is 3. The summed E-state index contributed by atoms with van der Waals surface area (Å²) in [6.07, 6.45) is -5.13. The number of nitrogens with zero attached hydrogens (tertiary/aromatic N) is 2. The van der Waals surface area contributed by atoms with Gasteiger partial charge in [0, 0.05) is 6.54 Å². The van der Waals surface area contributed by atoms with Gasteiger partial charge in [-0.05, 0) is 12.8 Å². The highest BCUT2D eigenvalue weighted by molar-refractivity contribution is 7.80. The first-order valence-electron chi connectivity index (χ1n) is 6.34. The van der Waals surface area contributed by atoms with E-state index in [1.54, 1.807) is 5.43 Å². The van der Waals surface area contributed by atoms with Crippen LogP contribution in [0.5, 0.6) is 0 Å². The van der Waals surface area contributed by atoms with Crippen molar-refractivity contribution in [3.8, 4) is 0 Å². The molecular weight excluding hydrogens is 365 g/mol. The molecule has 15 heteroatoms. The van der Waals surface area contributed by atoms with Crippen molar-refractivity contribution < 1.29 is 44.8 Å². The summed E-state index contributed by atoms with van der Waals surface area (Å²) in [7, 11) is -4.96. The maximum atomic E-state index is 12.0. The van der Waals surface area contributed by atoms with E-state index in [1.165, 1.54) is 0 Å². The largest absolute Gasteiger partial charge is 0.472 e. The normalized spacial score (nSPS) is 24.1. The second-order valence-electron chi connectivity index (χ2n) is 4.95. The highest BCUT2D eigenvalue weighted by atomic mass is 32.3. The molecule has 0 saturated carbocycles. The fraction of sp³-hybridized carbons (Fsp3) is 0.667. The summed E-state index contributed by atoms with van der Waals surface area (Å²) in [6.45, 7) is -0.139. The number of fused-ring (bicyclic) bond motifs is 2. The third kappa shape index (κ3) is 3.85. The summed E-state index contributed by atoms with van der Waals surface area (Å²) in [5, 5.41) is 0.372. The van der Waals surface area contributed by atoms with Crippen molar-refractivity contribution in [3.05, 3.63) is 0 Å². The molecule has 136 valence electrons. The molecule has 2 saturated heterocycles. The van der Waals surface area contributed by atoms with Crippen LogP contribution < -0.4 is 10.9 Å². The van der Waals surface area contributed by atoms with Crippen LogP contribution in [-0.2, 0) is 24.3 Å². The van der Waals surface area contributed by atoms with Crippen molar-refractivity contribution in [2.75, 3.05) is 6.54 Å². The number of hydrogen-bond donors (Lipinski definition) is 3. The summed E-state index contributed by atoms with van der Waals surface area (Å²) in [4.78, 5) is 35.3. The standard InChI is InChI=1S/C9H11F3N4O7S/c10-9(11,12)7(18)14-13-6(17)5-2-1-4-3-15(5)8(19)16(4)23-24(20,21)22/h4-5H,1-3H2,(H,13,17)(H,14,18)(H,20,21,22)/t4-,5+/m0/s1. The lowest BCUT2D eigenvalue weighted by molar-refractivity contribution is -0.175. The summed E-state index contributed by atoms with van der Waals surface area (Å²) >= 11 is 0. The van der Waals surface area contributed by atoms with Crippen LogP contribution in [0.1, 0.15) is 12.8 Å². The molecule has 2 aliphatic rings. The van der Waals surface area contributed by atoms with Crippen LogP contribution in [0.4, 0.5) is 18.0 Å². The fourth-order valence-electron chi connectivity index (χ4n) is 2.38. The molecule has 0 radical (unpaired) electrons. The lowest BCUT2D eigenvalue weighted by atomic mass is 10.0. The Morgan fingerprint density at radius 2 is 1.88 bits per heavy atom. The number of hydrazine groups is 1. The number of amides is 4. The number of nitrogens with one attached hydrogen (secondary N) is 2. The number of urea groups is 1. The van der Waals surface area contributed by atoms with Gasteiger partial charge < -0.3 is 4.90 Å². The van der Waals surface area contributed by atoms with Gasteiger partial charge in [0.15, 0.2) is 0 Å². The average Bonchev–Trinajstić information content (AvgIpc) is 2.67. The van der Waals surface area contributed by atoms with Gasteiger partial charge in [0.2, 0.25) is 0 Å². The molecule has 4 amide bonds. The fourth-order valence-corrected chi connectivity index (χ4v) is 2.77. The van der Waals surface area contributed by atoms with E-state index >= 15 is 0 Å². The Balaban J connectivity index is 2.01. The quantitative estimate of drug-likeness (QED) is 0.410.